The molecular formula is C8H10N2O2. The van der Waals surface area contributed by atoms with Crippen LogP contribution in [0.2, 0.25) is 0 Å². The first-order chi connectivity index (χ1) is 5.79. The van der Waals surface area contributed by atoms with Crippen LogP contribution < -0.4 is 10.5 Å². The highest BCUT2D eigenvalue weighted by atomic mass is 16.5. The van der Waals surface area contributed by atoms with Crippen LogP contribution in [0.1, 0.15) is 11.6 Å². The monoisotopic (exact) mass is 166 g/mol. The smallest absolute Gasteiger partial charge is 0.218 e. The second-order valence-corrected chi connectivity index (χ2v) is 2.26. The summed E-state index contributed by atoms with van der Waals surface area (Å²) in [5.74, 6) is 0.400. The molecule has 1 atom stereocenters. The maximum Gasteiger partial charge on any atom is 0.218 e. The Balaban J connectivity index is 3.04. The van der Waals surface area contributed by atoms with Crippen LogP contribution in [0.15, 0.2) is 18.3 Å². The Kier molecular flexibility index (Phi) is 2.76. The zero-order valence-corrected chi connectivity index (χ0v) is 6.73. The van der Waals surface area contributed by atoms with Crippen molar-refractivity contribution in [3.8, 4) is 5.88 Å². The van der Waals surface area contributed by atoms with Crippen molar-refractivity contribution in [2.24, 2.45) is 5.73 Å². The van der Waals surface area contributed by atoms with Gasteiger partial charge in [-0.2, -0.15) is 0 Å². The van der Waals surface area contributed by atoms with Gasteiger partial charge in [-0.05, 0) is 6.07 Å². The van der Waals surface area contributed by atoms with Crippen LogP contribution in [0.4, 0.5) is 0 Å². The Bertz CT molecular complexity index is 276. The van der Waals surface area contributed by atoms with E-state index in [0.717, 1.165) is 0 Å². The van der Waals surface area contributed by atoms with Crippen molar-refractivity contribution in [1.82, 2.24) is 4.98 Å². The molecule has 4 heteroatoms. The number of hydrogen-bond acceptors (Lipinski definition) is 4. The Hall–Kier alpha value is -1.42. The second kappa shape index (κ2) is 3.82. The van der Waals surface area contributed by atoms with Crippen molar-refractivity contribution in [3.63, 3.8) is 0 Å². The predicted molar refractivity (Wildman–Crippen MR) is 43.8 cm³/mol. The van der Waals surface area contributed by atoms with Crippen LogP contribution in [-0.4, -0.2) is 18.4 Å². The first kappa shape index (κ1) is 8.67. The minimum Gasteiger partial charge on any atom is -0.481 e. The number of hydrogen-bond donors (Lipinski definition) is 1. The molecule has 0 saturated carbocycles. The van der Waals surface area contributed by atoms with E-state index < -0.39 is 6.04 Å². The summed E-state index contributed by atoms with van der Waals surface area (Å²) in [6, 6.07) is 2.76. The van der Waals surface area contributed by atoms with Crippen molar-refractivity contribution in [2.45, 2.75) is 6.04 Å². The number of rotatable bonds is 3. The van der Waals surface area contributed by atoms with Gasteiger partial charge in [0.1, 0.15) is 6.29 Å². The lowest BCUT2D eigenvalue weighted by atomic mass is 10.1. The van der Waals surface area contributed by atoms with Gasteiger partial charge in [0, 0.05) is 11.8 Å². The fourth-order valence-electron chi connectivity index (χ4n) is 0.901. The minimum atomic E-state index is -0.659. The minimum absolute atomic E-state index is 0.400. The molecule has 0 aliphatic heterocycles. The van der Waals surface area contributed by atoms with Gasteiger partial charge in [-0.3, -0.25) is 0 Å². The highest BCUT2D eigenvalue weighted by Gasteiger charge is 2.10. The molecule has 4 nitrogen and oxygen atoms in total. The number of aromatic nitrogens is 1. The molecule has 1 heterocycles. The van der Waals surface area contributed by atoms with Crippen molar-refractivity contribution in [2.75, 3.05) is 7.11 Å². The van der Waals surface area contributed by atoms with Crippen LogP contribution in [0.3, 0.4) is 0 Å². The van der Waals surface area contributed by atoms with Crippen molar-refractivity contribution in [1.29, 1.82) is 0 Å². The molecule has 2 N–H and O–H groups in total. The molecule has 12 heavy (non-hydrogen) atoms. The molecule has 0 aliphatic carbocycles. The summed E-state index contributed by atoms with van der Waals surface area (Å²) in [6.45, 7) is 0. The van der Waals surface area contributed by atoms with E-state index in [1.54, 1.807) is 18.3 Å². The molecular weight excluding hydrogens is 156 g/mol. The zero-order valence-electron chi connectivity index (χ0n) is 6.73. The number of carbonyl (C=O) groups is 1. The highest BCUT2D eigenvalue weighted by Crippen LogP contribution is 2.18. The fraction of sp³-hybridized carbons (Fsp3) is 0.250. The first-order valence-electron chi connectivity index (χ1n) is 3.49. The molecule has 1 rings (SSSR count). The Morgan fingerprint density at radius 1 is 1.75 bits per heavy atom. The normalized spacial score (nSPS) is 12.2. The summed E-state index contributed by atoms with van der Waals surface area (Å²) < 4.78 is 4.92. The van der Waals surface area contributed by atoms with E-state index in [0.29, 0.717) is 17.7 Å². The molecule has 64 valence electrons. The van der Waals surface area contributed by atoms with E-state index in [1.165, 1.54) is 7.11 Å². The lowest BCUT2D eigenvalue weighted by Gasteiger charge is -2.07. The molecule has 0 fully saturated rings. The van der Waals surface area contributed by atoms with Gasteiger partial charge < -0.3 is 15.3 Å². The van der Waals surface area contributed by atoms with E-state index in [2.05, 4.69) is 4.98 Å². The second-order valence-electron chi connectivity index (χ2n) is 2.26. The molecule has 0 unspecified atom stereocenters. The van der Waals surface area contributed by atoms with E-state index in [1.807, 2.05) is 0 Å². The summed E-state index contributed by atoms with van der Waals surface area (Å²) >= 11 is 0. The Morgan fingerprint density at radius 2 is 2.50 bits per heavy atom. The summed E-state index contributed by atoms with van der Waals surface area (Å²) in [5.41, 5.74) is 6.09. The van der Waals surface area contributed by atoms with Crippen molar-refractivity contribution in [3.05, 3.63) is 23.9 Å². The summed E-state index contributed by atoms with van der Waals surface area (Å²) in [4.78, 5) is 14.3. The molecule has 0 aliphatic rings. The quantitative estimate of drug-likeness (QED) is 0.655. The number of carbonyl (C=O) groups excluding carboxylic acids is 1. The van der Waals surface area contributed by atoms with Gasteiger partial charge in [-0.15, -0.1) is 0 Å². The maximum atomic E-state index is 10.4. The van der Waals surface area contributed by atoms with Crippen LogP contribution in [0.25, 0.3) is 0 Å². The third kappa shape index (κ3) is 1.60. The average molecular weight is 166 g/mol. The number of methoxy groups -OCH3 is 1. The third-order valence-electron chi connectivity index (χ3n) is 1.50. The molecule has 0 saturated heterocycles. The number of nitrogens with zero attached hydrogens (tertiary/aromatic N) is 1. The summed E-state index contributed by atoms with van der Waals surface area (Å²) in [7, 11) is 1.49. The zero-order chi connectivity index (χ0) is 8.97. The van der Waals surface area contributed by atoms with E-state index in [4.69, 9.17) is 10.5 Å². The van der Waals surface area contributed by atoms with Crippen LogP contribution >= 0.6 is 0 Å². The van der Waals surface area contributed by atoms with Crippen LogP contribution in [0.5, 0.6) is 5.88 Å². The van der Waals surface area contributed by atoms with E-state index in [-0.39, 0.29) is 0 Å². The standard InChI is InChI=1S/C8H10N2O2/c1-12-8-6(7(9)5-11)3-2-4-10-8/h2-5,7H,9H2,1H3/t7-/m1/s1. The number of aldehydes is 1. The number of pyridine rings is 1. The van der Waals surface area contributed by atoms with Crippen LogP contribution in [-0.2, 0) is 4.79 Å². The molecule has 1 aromatic heterocycles. The molecule has 0 amide bonds. The van der Waals surface area contributed by atoms with E-state index in [9.17, 15) is 4.79 Å². The summed E-state index contributed by atoms with van der Waals surface area (Å²) in [5, 5.41) is 0. The highest BCUT2D eigenvalue weighted by molar-refractivity contribution is 5.62. The summed E-state index contributed by atoms with van der Waals surface area (Å²) in [6.07, 6.45) is 2.24. The topological polar surface area (TPSA) is 65.2 Å². The molecule has 0 bridgehead atoms. The van der Waals surface area contributed by atoms with Crippen LogP contribution in [0, 0.1) is 0 Å². The maximum absolute atomic E-state index is 10.4. The number of ether oxygens (including phenoxy) is 1. The van der Waals surface area contributed by atoms with Gasteiger partial charge in [-0.25, -0.2) is 4.98 Å². The van der Waals surface area contributed by atoms with Crippen molar-refractivity contribution >= 4 is 6.29 Å². The first-order valence-corrected chi connectivity index (χ1v) is 3.49. The number of nitrogens with two attached hydrogens (primary N) is 1. The average Bonchev–Trinajstić information content (AvgIpc) is 2.16. The van der Waals surface area contributed by atoms with Gasteiger partial charge in [0.05, 0.1) is 13.2 Å². The Morgan fingerprint density at radius 3 is 3.08 bits per heavy atom. The lowest BCUT2D eigenvalue weighted by Crippen LogP contribution is -2.13. The lowest BCUT2D eigenvalue weighted by molar-refractivity contribution is -0.109. The Labute approximate surface area is 70.4 Å². The predicted octanol–water partition coefficient (Wildman–Crippen LogP) is 0.289. The SMILES string of the molecule is COc1ncccc1[C@H](N)C=O. The third-order valence-corrected chi connectivity index (χ3v) is 1.50. The van der Waals surface area contributed by atoms with Gasteiger partial charge >= 0.3 is 0 Å². The molecule has 0 radical (unpaired) electrons. The molecule has 1 aromatic rings. The fourth-order valence-corrected chi connectivity index (χ4v) is 0.901. The van der Waals surface area contributed by atoms with Gasteiger partial charge in [0.2, 0.25) is 5.88 Å². The molecule has 0 spiro atoms. The van der Waals surface area contributed by atoms with Gasteiger partial charge in [0.15, 0.2) is 0 Å². The van der Waals surface area contributed by atoms with E-state index >= 15 is 0 Å². The van der Waals surface area contributed by atoms with Gasteiger partial charge in [0.25, 0.3) is 0 Å². The largest absolute Gasteiger partial charge is 0.481 e. The van der Waals surface area contributed by atoms with Gasteiger partial charge in [-0.1, -0.05) is 6.07 Å². The molecule has 0 aromatic carbocycles. The van der Waals surface area contributed by atoms with Crippen molar-refractivity contribution < 1.29 is 9.53 Å².